The average molecular weight is 632 g/mol. The zero-order valence-electron chi connectivity index (χ0n) is 23.3. The van der Waals surface area contributed by atoms with Crippen LogP contribution >= 0.6 is 11.6 Å². The molecule has 1 aliphatic carbocycles. The fraction of sp³-hybridized carbons (Fsp3) is 0.393. The van der Waals surface area contributed by atoms with Gasteiger partial charge in [0.2, 0.25) is 15.8 Å². The van der Waals surface area contributed by atoms with Crippen molar-refractivity contribution in [3.63, 3.8) is 0 Å². The van der Waals surface area contributed by atoms with E-state index in [4.69, 9.17) is 21.1 Å². The SMILES string of the molecule is CC(=O)OCC1(COc2c(N3CCN(S(=O)(=O)Cc4ccc([N+](=O)[O-])cc4)CC3)cnn(-c3cccc(Cl)c3)c2=O)CC1. The molecule has 228 valence electrons. The molecule has 5 rings (SSSR count). The average Bonchev–Trinajstić information content (AvgIpc) is 3.75. The van der Waals surface area contributed by atoms with Gasteiger partial charge >= 0.3 is 11.5 Å². The van der Waals surface area contributed by atoms with Gasteiger partial charge in [-0.2, -0.15) is 14.1 Å². The fourth-order valence-electron chi connectivity index (χ4n) is 4.79. The van der Waals surface area contributed by atoms with Gasteiger partial charge in [0.05, 0.1) is 29.2 Å². The Morgan fingerprint density at radius 2 is 1.79 bits per heavy atom. The number of nitro groups is 1. The Kier molecular flexibility index (Phi) is 8.71. The van der Waals surface area contributed by atoms with Crippen molar-refractivity contribution >= 4 is 39.0 Å². The summed E-state index contributed by atoms with van der Waals surface area (Å²) in [7, 11) is -3.70. The van der Waals surface area contributed by atoms with Gasteiger partial charge in [0, 0.05) is 55.7 Å². The molecule has 0 bridgehead atoms. The van der Waals surface area contributed by atoms with Gasteiger partial charge in [-0.15, -0.1) is 0 Å². The van der Waals surface area contributed by atoms with E-state index in [-0.39, 0.29) is 68.0 Å². The van der Waals surface area contributed by atoms with Gasteiger partial charge in [0.1, 0.15) is 12.3 Å². The highest BCUT2D eigenvalue weighted by atomic mass is 35.5. The van der Waals surface area contributed by atoms with E-state index in [2.05, 4.69) is 5.10 Å². The van der Waals surface area contributed by atoms with Gasteiger partial charge in [0.15, 0.2) is 0 Å². The Morgan fingerprint density at radius 3 is 2.40 bits per heavy atom. The normalized spacial score (nSPS) is 16.5. The lowest BCUT2D eigenvalue weighted by molar-refractivity contribution is -0.384. The first-order valence-corrected chi connectivity index (χ1v) is 15.6. The minimum absolute atomic E-state index is 0.0614. The third-order valence-corrected chi connectivity index (χ3v) is 9.58. The lowest BCUT2D eigenvalue weighted by Gasteiger charge is -2.35. The Morgan fingerprint density at radius 1 is 1.09 bits per heavy atom. The molecule has 3 aromatic rings. The number of hydrogen-bond acceptors (Lipinski definition) is 10. The van der Waals surface area contributed by atoms with Crippen molar-refractivity contribution in [1.29, 1.82) is 0 Å². The van der Waals surface area contributed by atoms with Crippen LogP contribution in [0.4, 0.5) is 11.4 Å². The van der Waals surface area contributed by atoms with Crippen LogP contribution in [-0.2, 0) is 25.3 Å². The van der Waals surface area contributed by atoms with Crippen molar-refractivity contribution in [1.82, 2.24) is 14.1 Å². The third-order valence-electron chi connectivity index (χ3n) is 7.50. The minimum Gasteiger partial charge on any atom is -0.485 e. The summed E-state index contributed by atoms with van der Waals surface area (Å²) in [4.78, 5) is 37.3. The number of anilines is 1. The predicted molar refractivity (Wildman–Crippen MR) is 158 cm³/mol. The molecule has 0 spiro atoms. The minimum atomic E-state index is -3.70. The molecule has 1 aromatic heterocycles. The van der Waals surface area contributed by atoms with Crippen LogP contribution in [0, 0.1) is 15.5 Å². The van der Waals surface area contributed by atoms with Crippen LogP contribution < -0.4 is 15.2 Å². The van der Waals surface area contributed by atoms with E-state index in [1.807, 2.05) is 4.90 Å². The van der Waals surface area contributed by atoms with Crippen LogP contribution in [0.2, 0.25) is 5.02 Å². The summed E-state index contributed by atoms with van der Waals surface area (Å²) in [6, 6.07) is 12.1. The first-order chi connectivity index (χ1) is 20.5. The molecule has 1 saturated heterocycles. The smallest absolute Gasteiger partial charge is 0.316 e. The number of non-ortho nitro benzene ring substituents is 1. The van der Waals surface area contributed by atoms with E-state index in [9.17, 15) is 28.1 Å². The number of carbonyl (C=O) groups is 1. The first kappa shape index (κ1) is 30.4. The lowest BCUT2D eigenvalue weighted by Crippen LogP contribution is -2.49. The van der Waals surface area contributed by atoms with Crippen molar-refractivity contribution in [2.75, 3.05) is 44.3 Å². The molecule has 2 aromatic carbocycles. The molecule has 1 aliphatic heterocycles. The highest BCUT2D eigenvalue weighted by molar-refractivity contribution is 7.88. The summed E-state index contributed by atoms with van der Waals surface area (Å²) in [5.41, 5.74) is 0.342. The molecule has 13 nitrogen and oxygen atoms in total. The molecule has 1 saturated carbocycles. The monoisotopic (exact) mass is 631 g/mol. The van der Waals surface area contributed by atoms with Gasteiger partial charge in [0.25, 0.3) is 5.69 Å². The molecule has 43 heavy (non-hydrogen) atoms. The van der Waals surface area contributed by atoms with E-state index >= 15 is 0 Å². The summed E-state index contributed by atoms with van der Waals surface area (Å²) in [6.07, 6.45) is 3.09. The second-order valence-corrected chi connectivity index (χ2v) is 13.1. The zero-order chi connectivity index (χ0) is 30.8. The Balaban J connectivity index is 1.34. The van der Waals surface area contributed by atoms with Gasteiger partial charge < -0.3 is 14.4 Å². The van der Waals surface area contributed by atoms with Crippen LogP contribution in [0.25, 0.3) is 5.69 Å². The van der Waals surface area contributed by atoms with Crippen molar-refractivity contribution in [2.24, 2.45) is 5.41 Å². The molecular formula is C28H30ClN5O8S. The van der Waals surface area contributed by atoms with Crippen LogP contribution in [0.5, 0.6) is 5.75 Å². The zero-order valence-corrected chi connectivity index (χ0v) is 24.9. The van der Waals surface area contributed by atoms with E-state index in [0.29, 0.717) is 22.0 Å². The second kappa shape index (κ2) is 12.3. The number of ether oxygens (including phenoxy) is 2. The number of carbonyl (C=O) groups excluding carboxylic acids is 1. The Bertz CT molecular complexity index is 1680. The molecule has 0 unspecified atom stereocenters. The summed E-state index contributed by atoms with van der Waals surface area (Å²) in [5, 5.41) is 15.7. The Labute approximate surface area is 252 Å². The number of sulfonamides is 1. The lowest BCUT2D eigenvalue weighted by atomic mass is 10.1. The number of hydrogen-bond donors (Lipinski definition) is 0. The number of benzene rings is 2. The number of nitrogens with zero attached hydrogens (tertiary/aromatic N) is 5. The molecule has 2 fully saturated rings. The van der Waals surface area contributed by atoms with E-state index in [1.54, 1.807) is 24.3 Å². The van der Waals surface area contributed by atoms with Crippen molar-refractivity contribution in [2.45, 2.75) is 25.5 Å². The van der Waals surface area contributed by atoms with Crippen molar-refractivity contribution < 1.29 is 27.6 Å². The molecule has 0 radical (unpaired) electrons. The summed E-state index contributed by atoms with van der Waals surface area (Å²) >= 11 is 6.15. The standard InChI is InChI=1S/C28H30ClN5O8S/c1-20(35)41-18-28(9-10-28)19-42-26-25(16-30-33(27(26)36)24-4-2-3-22(29)15-24)31-11-13-32(14-12-31)43(39,40)17-21-5-7-23(8-6-21)34(37)38/h2-8,15-16H,9-14,17-19H2,1H3. The number of esters is 1. The molecule has 2 aliphatic rings. The Hall–Kier alpha value is -4.01. The molecule has 0 N–H and O–H groups in total. The highest BCUT2D eigenvalue weighted by Crippen LogP contribution is 2.46. The maximum atomic E-state index is 13.7. The second-order valence-electron chi connectivity index (χ2n) is 10.7. The molecule has 0 atom stereocenters. The molecule has 0 amide bonds. The van der Waals surface area contributed by atoms with Crippen molar-refractivity contribution in [3.05, 3.63) is 85.8 Å². The van der Waals surface area contributed by atoms with E-state index in [0.717, 1.165) is 12.8 Å². The third kappa shape index (κ3) is 7.14. The fourth-order valence-corrected chi connectivity index (χ4v) is 6.49. The summed E-state index contributed by atoms with van der Waals surface area (Å²) in [6.45, 7) is 2.55. The predicted octanol–water partition coefficient (Wildman–Crippen LogP) is 3.17. The molecular weight excluding hydrogens is 602 g/mol. The highest BCUT2D eigenvalue weighted by Gasteiger charge is 2.45. The maximum Gasteiger partial charge on any atom is 0.316 e. The van der Waals surface area contributed by atoms with Gasteiger partial charge in [-0.25, -0.2) is 8.42 Å². The number of halogens is 1. The maximum absolute atomic E-state index is 13.7. The van der Waals surface area contributed by atoms with Gasteiger partial charge in [-0.3, -0.25) is 19.7 Å². The van der Waals surface area contributed by atoms with Crippen LogP contribution in [0.1, 0.15) is 25.3 Å². The van der Waals surface area contributed by atoms with Crippen molar-refractivity contribution in [3.8, 4) is 11.4 Å². The largest absolute Gasteiger partial charge is 0.485 e. The van der Waals surface area contributed by atoms with Gasteiger partial charge in [-0.1, -0.05) is 29.8 Å². The topological polar surface area (TPSA) is 154 Å². The summed E-state index contributed by atoms with van der Waals surface area (Å²) < 4.78 is 40.2. The quantitative estimate of drug-likeness (QED) is 0.175. The van der Waals surface area contributed by atoms with Crippen LogP contribution in [0.15, 0.2) is 59.5 Å². The van der Waals surface area contributed by atoms with Crippen LogP contribution in [0.3, 0.4) is 0 Å². The number of nitro benzene ring substituents is 1. The van der Waals surface area contributed by atoms with E-state index < -0.39 is 20.5 Å². The molecule has 2 heterocycles. The summed E-state index contributed by atoms with van der Waals surface area (Å²) in [5.74, 6) is -0.618. The number of aromatic nitrogens is 2. The van der Waals surface area contributed by atoms with E-state index in [1.165, 1.54) is 46.4 Å². The first-order valence-electron chi connectivity index (χ1n) is 13.6. The van der Waals surface area contributed by atoms with Gasteiger partial charge in [-0.05, 0) is 36.6 Å². The number of piperazine rings is 1. The number of rotatable bonds is 11. The molecule has 15 heteroatoms. The van der Waals surface area contributed by atoms with Crippen LogP contribution in [-0.4, -0.2) is 72.8 Å².